The molecule has 1 saturated carbocycles. The number of hydrogen-bond donors (Lipinski definition) is 0. The van der Waals surface area contributed by atoms with E-state index in [0.29, 0.717) is 0 Å². The van der Waals surface area contributed by atoms with Crippen LogP contribution in [0.5, 0.6) is 0 Å². The molecule has 1 aliphatic carbocycles. The fourth-order valence-electron chi connectivity index (χ4n) is 2.60. The first kappa shape index (κ1) is 8.52. The van der Waals surface area contributed by atoms with Gasteiger partial charge in [0.05, 0.1) is 0 Å². The van der Waals surface area contributed by atoms with Gasteiger partial charge in [-0.3, -0.25) is 0 Å². The van der Waals surface area contributed by atoms with Crippen LogP contribution in [0.25, 0.3) is 0 Å². The molecule has 1 aliphatic heterocycles. The first-order valence-corrected chi connectivity index (χ1v) is 5.35. The molecule has 0 aromatic carbocycles. The van der Waals surface area contributed by atoms with Crippen LogP contribution < -0.4 is 0 Å². The van der Waals surface area contributed by atoms with Crippen LogP contribution in [0.2, 0.25) is 0 Å². The van der Waals surface area contributed by atoms with Crippen molar-refractivity contribution in [1.29, 1.82) is 0 Å². The Morgan fingerprint density at radius 2 is 1.67 bits per heavy atom. The summed E-state index contributed by atoms with van der Waals surface area (Å²) >= 11 is 0. The largest absolute Gasteiger partial charge is 0.245 e. The predicted molar refractivity (Wildman–Crippen MR) is 50.8 cm³/mol. The summed E-state index contributed by atoms with van der Waals surface area (Å²) in [5, 5.41) is 5.02. The van der Waals surface area contributed by atoms with Crippen LogP contribution in [0.15, 0.2) is 0 Å². The molecule has 0 N–H and O–H groups in total. The van der Waals surface area contributed by atoms with Crippen molar-refractivity contribution >= 4 is 0 Å². The Kier molecular flexibility index (Phi) is 2.66. The third kappa shape index (κ3) is 1.64. The highest BCUT2D eigenvalue weighted by Crippen LogP contribution is 2.25. The van der Waals surface area contributed by atoms with Crippen LogP contribution in [-0.2, 0) is 0 Å². The Labute approximate surface area is 75.5 Å². The van der Waals surface area contributed by atoms with Crippen LogP contribution >= 0.6 is 0 Å². The fraction of sp³-hybridized carbons (Fsp3) is 1.00. The highest BCUT2D eigenvalue weighted by atomic mass is 15.6. The SMILES string of the molecule is CN1CCCN1C1CCCCC1. The van der Waals surface area contributed by atoms with E-state index < -0.39 is 0 Å². The number of hydrazine groups is 1. The summed E-state index contributed by atoms with van der Waals surface area (Å²) < 4.78 is 0. The monoisotopic (exact) mass is 168 g/mol. The van der Waals surface area contributed by atoms with Crippen molar-refractivity contribution in [2.24, 2.45) is 0 Å². The van der Waals surface area contributed by atoms with Gasteiger partial charge in [0.15, 0.2) is 0 Å². The average Bonchev–Trinajstić information content (AvgIpc) is 2.53. The van der Waals surface area contributed by atoms with Crippen LogP contribution in [0.4, 0.5) is 0 Å². The van der Waals surface area contributed by atoms with Crippen LogP contribution in [0, 0.1) is 0 Å². The molecule has 70 valence electrons. The lowest BCUT2D eigenvalue weighted by Crippen LogP contribution is -2.42. The smallest absolute Gasteiger partial charge is 0.0245 e. The first-order valence-electron chi connectivity index (χ1n) is 5.35. The van der Waals surface area contributed by atoms with Gasteiger partial charge in [0, 0.05) is 26.2 Å². The van der Waals surface area contributed by atoms with Gasteiger partial charge in [0.25, 0.3) is 0 Å². The zero-order valence-corrected chi connectivity index (χ0v) is 8.13. The molecule has 0 aromatic rings. The number of rotatable bonds is 1. The lowest BCUT2D eigenvalue weighted by atomic mass is 9.95. The summed E-state index contributed by atoms with van der Waals surface area (Å²) in [7, 11) is 2.24. The Bertz CT molecular complexity index is 141. The first-order chi connectivity index (χ1) is 5.88. The van der Waals surface area contributed by atoms with E-state index in [-0.39, 0.29) is 0 Å². The predicted octanol–water partition coefficient (Wildman–Crippen LogP) is 1.87. The van der Waals surface area contributed by atoms with E-state index in [1.165, 1.54) is 51.6 Å². The molecule has 1 saturated heterocycles. The maximum Gasteiger partial charge on any atom is 0.0245 e. The normalized spacial score (nSPS) is 29.8. The van der Waals surface area contributed by atoms with Crippen molar-refractivity contribution in [2.45, 2.75) is 44.6 Å². The van der Waals surface area contributed by atoms with E-state index in [0.717, 1.165) is 6.04 Å². The fourth-order valence-corrected chi connectivity index (χ4v) is 2.60. The molecular weight excluding hydrogens is 148 g/mol. The lowest BCUT2D eigenvalue weighted by Gasteiger charge is -2.35. The Morgan fingerprint density at radius 3 is 2.25 bits per heavy atom. The number of hydrogen-bond acceptors (Lipinski definition) is 2. The molecule has 2 heteroatoms. The van der Waals surface area contributed by atoms with Gasteiger partial charge >= 0.3 is 0 Å². The van der Waals surface area contributed by atoms with Gasteiger partial charge in [-0.05, 0) is 19.3 Å². The Balaban J connectivity index is 1.89. The third-order valence-corrected chi connectivity index (χ3v) is 3.30. The second-order valence-electron chi connectivity index (χ2n) is 4.19. The van der Waals surface area contributed by atoms with Crippen molar-refractivity contribution in [3.05, 3.63) is 0 Å². The third-order valence-electron chi connectivity index (χ3n) is 3.30. The van der Waals surface area contributed by atoms with Crippen LogP contribution in [-0.4, -0.2) is 36.2 Å². The summed E-state index contributed by atoms with van der Waals surface area (Å²) in [6, 6.07) is 0.881. The zero-order chi connectivity index (χ0) is 8.39. The van der Waals surface area contributed by atoms with Crippen molar-refractivity contribution < 1.29 is 0 Å². The Hall–Kier alpha value is -0.0800. The second kappa shape index (κ2) is 3.75. The van der Waals surface area contributed by atoms with Crippen LogP contribution in [0.3, 0.4) is 0 Å². The minimum atomic E-state index is 0.881. The summed E-state index contributed by atoms with van der Waals surface area (Å²) in [5.41, 5.74) is 0. The summed E-state index contributed by atoms with van der Waals surface area (Å²) in [6.45, 7) is 2.58. The molecule has 12 heavy (non-hydrogen) atoms. The molecule has 0 amide bonds. The van der Waals surface area contributed by atoms with Gasteiger partial charge in [-0.1, -0.05) is 19.3 Å². The minimum Gasteiger partial charge on any atom is -0.245 e. The molecule has 1 heterocycles. The lowest BCUT2D eigenvalue weighted by molar-refractivity contribution is -0.00488. The van der Waals surface area contributed by atoms with Crippen molar-refractivity contribution in [2.75, 3.05) is 20.1 Å². The van der Waals surface area contributed by atoms with Gasteiger partial charge in [-0.15, -0.1) is 0 Å². The Morgan fingerprint density at radius 1 is 0.917 bits per heavy atom. The standard InChI is InChI=1S/C10H20N2/c1-11-8-5-9-12(11)10-6-3-2-4-7-10/h10H,2-9H2,1H3. The quantitative estimate of drug-likeness (QED) is 0.590. The van der Waals surface area contributed by atoms with Gasteiger partial charge in [0.1, 0.15) is 0 Å². The topological polar surface area (TPSA) is 6.48 Å². The van der Waals surface area contributed by atoms with Gasteiger partial charge in [0.2, 0.25) is 0 Å². The summed E-state index contributed by atoms with van der Waals surface area (Å²) in [6.07, 6.45) is 8.61. The summed E-state index contributed by atoms with van der Waals surface area (Å²) in [5.74, 6) is 0. The molecule has 2 nitrogen and oxygen atoms in total. The van der Waals surface area contributed by atoms with E-state index in [2.05, 4.69) is 17.1 Å². The van der Waals surface area contributed by atoms with Crippen molar-refractivity contribution in [1.82, 2.24) is 10.0 Å². The average molecular weight is 168 g/mol. The maximum absolute atomic E-state index is 2.60. The molecule has 2 rings (SSSR count). The van der Waals surface area contributed by atoms with Crippen LogP contribution in [0.1, 0.15) is 38.5 Å². The van der Waals surface area contributed by atoms with E-state index in [1.807, 2.05) is 0 Å². The molecule has 0 bridgehead atoms. The second-order valence-corrected chi connectivity index (χ2v) is 4.19. The van der Waals surface area contributed by atoms with E-state index in [4.69, 9.17) is 0 Å². The molecule has 0 radical (unpaired) electrons. The number of nitrogens with zero attached hydrogens (tertiary/aromatic N) is 2. The zero-order valence-electron chi connectivity index (χ0n) is 8.13. The van der Waals surface area contributed by atoms with Crippen molar-refractivity contribution in [3.63, 3.8) is 0 Å². The summed E-state index contributed by atoms with van der Waals surface area (Å²) in [4.78, 5) is 0. The van der Waals surface area contributed by atoms with Gasteiger partial charge in [-0.25, -0.2) is 10.0 Å². The highest BCUT2D eigenvalue weighted by molar-refractivity contribution is 4.77. The molecule has 2 aliphatic rings. The minimum absolute atomic E-state index is 0.881. The van der Waals surface area contributed by atoms with E-state index in [1.54, 1.807) is 0 Å². The molecule has 0 atom stereocenters. The molecular formula is C10H20N2. The molecule has 0 aromatic heterocycles. The molecule has 2 fully saturated rings. The van der Waals surface area contributed by atoms with E-state index in [9.17, 15) is 0 Å². The highest BCUT2D eigenvalue weighted by Gasteiger charge is 2.26. The molecule has 0 unspecified atom stereocenters. The maximum atomic E-state index is 2.60. The van der Waals surface area contributed by atoms with Crippen molar-refractivity contribution in [3.8, 4) is 0 Å². The molecule has 0 spiro atoms. The van der Waals surface area contributed by atoms with Gasteiger partial charge < -0.3 is 0 Å². The van der Waals surface area contributed by atoms with Gasteiger partial charge in [-0.2, -0.15) is 0 Å². The van der Waals surface area contributed by atoms with E-state index >= 15 is 0 Å².